The van der Waals surface area contributed by atoms with Crippen molar-refractivity contribution in [2.24, 2.45) is 5.92 Å². The molecule has 0 aliphatic carbocycles. The van der Waals surface area contributed by atoms with Gasteiger partial charge in [0.05, 0.1) is 6.54 Å². The first kappa shape index (κ1) is 17.2. The molecule has 0 aromatic carbocycles. The van der Waals surface area contributed by atoms with Gasteiger partial charge in [0.25, 0.3) is 0 Å². The summed E-state index contributed by atoms with van der Waals surface area (Å²) in [6, 6.07) is 1.68. The topological polar surface area (TPSA) is 64.6 Å². The second-order valence-electron chi connectivity index (χ2n) is 6.30. The summed E-state index contributed by atoms with van der Waals surface area (Å²) in [7, 11) is 0. The van der Waals surface area contributed by atoms with Gasteiger partial charge < -0.3 is 20.6 Å². The third-order valence-electron chi connectivity index (χ3n) is 4.20. The minimum Gasteiger partial charge on any atom is -0.384 e. The molecule has 3 N–H and O–H groups in total. The van der Waals surface area contributed by atoms with E-state index >= 15 is 0 Å². The zero-order valence-electron chi connectivity index (χ0n) is 13.5. The molecule has 5 nitrogen and oxygen atoms in total. The number of carbonyl (C=O) groups excluding carboxylic acids is 1. The molecule has 1 aromatic heterocycles. The first-order valence-corrected chi connectivity index (χ1v) is 8.94. The Kier molecular flexibility index (Phi) is 6.23. The van der Waals surface area contributed by atoms with E-state index in [0.717, 1.165) is 31.6 Å². The SMILES string of the molecule is CCCN1CCC(CNC(=O)NCC(C)(O)c2ccsc2)C1. The Balaban J connectivity index is 1.66. The van der Waals surface area contributed by atoms with E-state index in [1.54, 1.807) is 6.92 Å². The van der Waals surface area contributed by atoms with Crippen LogP contribution in [0, 0.1) is 5.92 Å². The Hall–Kier alpha value is -1.11. The van der Waals surface area contributed by atoms with Crippen LogP contribution in [0.25, 0.3) is 0 Å². The zero-order chi connectivity index (χ0) is 16.0. The summed E-state index contributed by atoms with van der Waals surface area (Å²) in [6.07, 6.45) is 2.32. The molecule has 2 unspecified atom stereocenters. The van der Waals surface area contributed by atoms with E-state index in [9.17, 15) is 9.90 Å². The van der Waals surface area contributed by atoms with Crippen LogP contribution < -0.4 is 10.6 Å². The van der Waals surface area contributed by atoms with Crippen molar-refractivity contribution in [3.05, 3.63) is 22.4 Å². The molecular weight excluding hydrogens is 298 g/mol. The van der Waals surface area contributed by atoms with Crippen LogP contribution >= 0.6 is 11.3 Å². The predicted octanol–water partition coefficient (Wildman–Crippen LogP) is 1.99. The number of thiophene rings is 1. The number of rotatable bonds is 7. The normalized spacial score (nSPS) is 21.5. The van der Waals surface area contributed by atoms with E-state index in [4.69, 9.17) is 0 Å². The molecule has 0 radical (unpaired) electrons. The van der Waals surface area contributed by atoms with Crippen molar-refractivity contribution in [3.8, 4) is 0 Å². The van der Waals surface area contributed by atoms with Gasteiger partial charge in [0.15, 0.2) is 0 Å². The van der Waals surface area contributed by atoms with Gasteiger partial charge in [-0.2, -0.15) is 11.3 Å². The fraction of sp³-hybridized carbons (Fsp3) is 0.688. The van der Waals surface area contributed by atoms with Crippen molar-refractivity contribution in [1.82, 2.24) is 15.5 Å². The minimum absolute atomic E-state index is 0.204. The van der Waals surface area contributed by atoms with Crippen molar-refractivity contribution in [3.63, 3.8) is 0 Å². The van der Waals surface area contributed by atoms with Crippen LogP contribution in [-0.2, 0) is 5.60 Å². The Labute approximate surface area is 136 Å². The molecule has 6 heteroatoms. The number of nitrogens with one attached hydrogen (secondary N) is 2. The van der Waals surface area contributed by atoms with Gasteiger partial charge in [-0.3, -0.25) is 0 Å². The molecule has 0 spiro atoms. The van der Waals surface area contributed by atoms with Gasteiger partial charge in [0, 0.05) is 13.1 Å². The summed E-state index contributed by atoms with van der Waals surface area (Å²) in [5, 5.41) is 19.9. The maximum Gasteiger partial charge on any atom is 0.314 e. The summed E-state index contributed by atoms with van der Waals surface area (Å²) >= 11 is 1.54. The second-order valence-corrected chi connectivity index (χ2v) is 7.08. The number of nitrogens with zero attached hydrogens (tertiary/aromatic N) is 1. The highest BCUT2D eigenvalue weighted by atomic mass is 32.1. The smallest absolute Gasteiger partial charge is 0.314 e. The molecule has 2 atom stereocenters. The number of urea groups is 1. The van der Waals surface area contributed by atoms with Gasteiger partial charge >= 0.3 is 6.03 Å². The fourth-order valence-corrected chi connectivity index (χ4v) is 3.61. The van der Waals surface area contributed by atoms with Gasteiger partial charge in [-0.1, -0.05) is 6.92 Å². The first-order valence-electron chi connectivity index (χ1n) is 8.00. The summed E-state index contributed by atoms with van der Waals surface area (Å²) in [6.45, 7) is 8.17. The molecule has 1 aliphatic heterocycles. The maximum absolute atomic E-state index is 11.9. The monoisotopic (exact) mass is 325 g/mol. The maximum atomic E-state index is 11.9. The Morgan fingerprint density at radius 1 is 1.55 bits per heavy atom. The van der Waals surface area contributed by atoms with E-state index in [0.29, 0.717) is 12.5 Å². The number of amides is 2. The summed E-state index contributed by atoms with van der Waals surface area (Å²) in [5.41, 5.74) is -0.188. The number of likely N-dealkylation sites (tertiary alicyclic amines) is 1. The van der Waals surface area contributed by atoms with Crippen molar-refractivity contribution >= 4 is 17.4 Å². The van der Waals surface area contributed by atoms with E-state index in [2.05, 4.69) is 22.5 Å². The molecule has 1 aromatic rings. The minimum atomic E-state index is -1.03. The Morgan fingerprint density at radius 2 is 2.36 bits per heavy atom. The summed E-state index contributed by atoms with van der Waals surface area (Å²) < 4.78 is 0. The highest BCUT2D eigenvalue weighted by Crippen LogP contribution is 2.22. The van der Waals surface area contributed by atoms with Crippen molar-refractivity contribution < 1.29 is 9.90 Å². The van der Waals surface area contributed by atoms with Crippen LogP contribution in [0.2, 0.25) is 0 Å². The van der Waals surface area contributed by atoms with Crippen LogP contribution in [0.15, 0.2) is 16.8 Å². The molecule has 1 aliphatic rings. The van der Waals surface area contributed by atoms with Crippen molar-refractivity contribution in [1.29, 1.82) is 0 Å². The first-order chi connectivity index (χ1) is 10.5. The fourth-order valence-electron chi connectivity index (χ4n) is 2.82. The number of hydrogen-bond donors (Lipinski definition) is 3. The largest absolute Gasteiger partial charge is 0.384 e. The van der Waals surface area contributed by atoms with Gasteiger partial charge in [0.2, 0.25) is 0 Å². The molecule has 2 heterocycles. The summed E-state index contributed by atoms with van der Waals surface area (Å²) in [5.74, 6) is 0.537. The van der Waals surface area contributed by atoms with Crippen LogP contribution in [0.5, 0.6) is 0 Å². The molecular formula is C16H27N3O2S. The molecule has 22 heavy (non-hydrogen) atoms. The lowest BCUT2D eigenvalue weighted by Gasteiger charge is -2.23. The number of carbonyl (C=O) groups is 1. The summed E-state index contributed by atoms with van der Waals surface area (Å²) in [4.78, 5) is 14.3. The quantitative estimate of drug-likeness (QED) is 0.718. The van der Waals surface area contributed by atoms with Gasteiger partial charge in [0.1, 0.15) is 5.60 Å². The van der Waals surface area contributed by atoms with Gasteiger partial charge in [-0.15, -0.1) is 0 Å². The molecule has 1 saturated heterocycles. The number of aliphatic hydroxyl groups is 1. The van der Waals surface area contributed by atoms with E-state index in [1.165, 1.54) is 17.8 Å². The van der Waals surface area contributed by atoms with Crippen molar-refractivity contribution in [2.75, 3.05) is 32.7 Å². The molecule has 0 saturated carbocycles. The zero-order valence-corrected chi connectivity index (χ0v) is 14.3. The van der Waals surface area contributed by atoms with E-state index < -0.39 is 5.60 Å². The Morgan fingerprint density at radius 3 is 3.05 bits per heavy atom. The lowest BCUT2D eigenvalue weighted by Crippen LogP contribution is -2.44. The number of hydrogen-bond acceptors (Lipinski definition) is 4. The van der Waals surface area contributed by atoms with Crippen LogP contribution in [0.1, 0.15) is 32.3 Å². The highest BCUT2D eigenvalue weighted by molar-refractivity contribution is 7.08. The average molecular weight is 325 g/mol. The van der Waals surface area contributed by atoms with Crippen molar-refractivity contribution in [2.45, 2.75) is 32.3 Å². The average Bonchev–Trinajstić information content (AvgIpc) is 3.15. The molecule has 1 fully saturated rings. The van der Waals surface area contributed by atoms with Crippen LogP contribution in [-0.4, -0.2) is 48.8 Å². The van der Waals surface area contributed by atoms with Crippen LogP contribution in [0.4, 0.5) is 4.79 Å². The molecule has 2 amide bonds. The third kappa shape index (κ3) is 4.97. The molecule has 2 rings (SSSR count). The molecule has 124 valence electrons. The van der Waals surface area contributed by atoms with Gasteiger partial charge in [-0.05, 0) is 61.2 Å². The lowest BCUT2D eigenvalue weighted by molar-refractivity contribution is 0.0598. The molecule has 0 bridgehead atoms. The second kappa shape index (κ2) is 7.94. The Bertz CT molecular complexity index is 462. The van der Waals surface area contributed by atoms with Gasteiger partial charge in [-0.25, -0.2) is 4.79 Å². The standard InChI is InChI=1S/C16H27N3O2S/c1-3-6-19-7-4-13(10-19)9-17-15(20)18-12-16(2,21)14-5-8-22-11-14/h5,8,11,13,21H,3-4,6-7,9-10,12H2,1-2H3,(H2,17,18,20). The van der Waals surface area contributed by atoms with E-state index in [-0.39, 0.29) is 12.6 Å². The van der Waals surface area contributed by atoms with E-state index in [1.807, 2.05) is 16.8 Å². The lowest BCUT2D eigenvalue weighted by atomic mass is 9.99. The van der Waals surface area contributed by atoms with Crippen LogP contribution in [0.3, 0.4) is 0 Å². The predicted molar refractivity (Wildman–Crippen MR) is 90.1 cm³/mol. The third-order valence-corrected chi connectivity index (χ3v) is 4.88. The highest BCUT2D eigenvalue weighted by Gasteiger charge is 2.25.